The van der Waals surface area contributed by atoms with Crippen molar-refractivity contribution in [3.8, 4) is 0 Å². The first-order valence-electron chi connectivity index (χ1n) is 7.86. The van der Waals surface area contributed by atoms with Gasteiger partial charge in [-0.3, -0.25) is 4.79 Å². The van der Waals surface area contributed by atoms with E-state index in [1.807, 2.05) is 55.5 Å². The lowest BCUT2D eigenvalue weighted by molar-refractivity contribution is -0.126. The molecule has 2 aromatic carbocycles. The van der Waals surface area contributed by atoms with Crippen LogP contribution in [-0.4, -0.2) is 11.9 Å². The molecule has 0 aliphatic carbocycles. The molecule has 22 heavy (non-hydrogen) atoms. The Morgan fingerprint density at radius 1 is 0.955 bits per heavy atom. The maximum atomic E-state index is 11.7. The third kappa shape index (κ3) is 5.12. The molecule has 2 atom stereocenters. The summed E-state index contributed by atoms with van der Waals surface area (Å²) in [6, 6.07) is 20.4. The Morgan fingerprint density at radius 2 is 1.50 bits per heavy atom. The molecule has 116 valence electrons. The smallest absolute Gasteiger partial charge is 0.135 e. The van der Waals surface area contributed by atoms with Crippen molar-refractivity contribution in [2.45, 2.75) is 39.4 Å². The van der Waals surface area contributed by atoms with E-state index in [-0.39, 0.29) is 17.8 Å². The first-order valence-corrected chi connectivity index (χ1v) is 7.86. The summed E-state index contributed by atoms with van der Waals surface area (Å²) in [5, 5.41) is 0. The Bertz CT molecular complexity index is 519. The van der Waals surface area contributed by atoms with Crippen molar-refractivity contribution in [3.63, 3.8) is 0 Å². The summed E-state index contributed by atoms with van der Waals surface area (Å²) in [5.41, 5.74) is 2.43. The maximum Gasteiger partial charge on any atom is 0.135 e. The Kier molecular flexibility index (Phi) is 6.35. The molecule has 0 spiro atoms. The Morgan fingerprint density at radius 3 is 2.05 bits per heavy atom. The summed E-state index contributed by atoms with van der Waals surface area (Å²) >= 11 is 0. The second-order valence-electron chi connectivity index (χ2n) is 5.76. The third-order valence-electron chi connectivity index (χ3n) is 4.07. The number of carbonyl (C=O) groups excluding carboxylic acids is 1. The number of carbonyl (C=O) groups is 1. The molecule has 0 bridgehead atoms. The molecule has 0 amide bonds. The minimum Gasteiger partial charge on any atom is -0.373 e. The second kappa shape index (κ2) is 8.50. The number of Topliss-reactive ketones (excluding diaryl/α,β-unsaturated/α-hetero) is 1. The average Bonchev–Trinajstić information content (AvgIpc) is 2.56. The zero-order chi connectivity index (χ0) is 15.8. The van der Waals surface area contributed by atoms with Gasteiger partial charge in [-0.05, 0) is 30.9 Å². The van der Waals surface area contributed by atoms with E-state index in [1.165, 1.54) is 5.56 Å². The van der Waals surface area contributed by atoms with Crippen LogP contribution in [-0.2, 0) is 22.6 Å². The summed E-state index contributed by atoms with van der Waals surface area (Å²) < 4.78 is 6.05. The van der Waals surface area contributed by atoms with Crippen molar-refractivity contribution in [1.29, 1.82) is 0 Å². The minimum absolute atomic E-state index is 0.0436. The van der Waals surface area contributed by atoms with Crippen molar-refractivity contribution < 1.29 is 9.53 Å². The number of benzene rings is 2. The predicted molar refractivity (Wildman–Crippen MR) is 89.6 cm³/mol. The maximum absolute atomic E-state index is 11.7. The SMILES string of the molecule is CC(=O)[C@@H](C)[C@H](CCc1ccccc1)OCc1ccccc1. The number of rotatable bonds is 8. The number of hydrogen-bond donors (Lipinski definition) is 0. The van der Waals surface area contributed by atoms with E-state index in [0.717, 1.165) is 18.4 Å². The molecule has 0 heterocycles. The first kappa shape index (κ1) is 16.4. The summed E-state index contributed by atoms with van der Waals surface area (Å²) in [6.07, 6.45) is 1.74. The van der Waals surface area contributed by atoms with Crippen LogP contribution in [0, 0.1) is 5.92 Å². The molecule has 0 fully saturated rings. The van der Waals surface area contributed by atoms with Crippen LogP contribution in [0.4, 0.5) is 0 Å². The van der Waals surface area contributed by atoms with Crippen LogP contribution < -0.4 is 0 Å². The van der Waals surface area contributed by atoms with Crippen molar-refractivity contribution in [1.82, 2.24) is 0 Å². The van der Waals surface area contributed by atoms with E-state index >= 15 is 0 Å². The van der Waals surface area contributed by atoms with E-state index in [0.29, 0.717) is 6.61 Å². The second-order valence-corrected chi connectivity index (χ2v) is 5.76. The van der Waals surface area contributed by atoms with Gasteiger partial charge in [-0.2, -0.15) is 0 Å². The third-order valence-corrected chi connectivity index (χ3v) is 4.07. The first-order chi connectivity index (χ1) is 10.7. The number of hydrogen-bond acceptors (Lipinski definition) is 2. The zero-order valence-corrected chi connectivity index (χ0v) is 13.4. The molecule has 2 aromatic rings. The molecule has 0 aromatic heterocycles. The molecule has 0 saturated heterocycles. The van der Waals surface area contributed by atoms with Gasteiger partial charge in [0.15, 0.2) is 0 Å². The van der Waals surface area contributed by atoms with Crippen LogP contribution in [0.15, 0.2) is 60.7 Å². The standard InChI is InChI=1S/C20H24O2/c1-16(17(2)21)20(14-13-18-9-5-3-6-10-18)22-15-19-11-7-4-8-12-19/h3-12,16,20H,13-15H2,1-2H3/t16-,20+/m1/s1. The fraction of sp³-hybridized carbons (Fsp3) is 0.350. The fourth-order valence-electron chi connectivity index (χ4n) is 2.47. The van der Waals surface area contributed by atoms with Gasteiger partial charge in [-0.15, -0.1) is 0 Å². The van der Waals surface area contributed by atoms with Crippen LogP contribution in [0.25, 0.3) is 0 Å². The summed E-state index contributed by atoms with van der Waals surface area (Å²) in [4.78, 5) is 11.7. The van der Waals surface area contributed by atoms with Gasteiger partial charge < -0.3 is 4.74 Å². The monoisotopic (exact) mass is 296 g/mol. The quantitative estimate of drug-likeness (QED) is 0.720. The summed E-state index contributed by atoms with van der Waals surface area (Å²) in [5.74, 6) is 0.110. The van der Waals surface area contributed by atoms with E-state index in [4.69, 9.17) is 4.74 Å². The van der Waals surface area contributed by atoms with Gasteiger partial charge in [-0.1, -0.05) is 67.6 Å². The molecule has 2 rings (SSSR count). The van der Waals surface area contributed by atoms with E-state index in [2.05, 4.69) is 12.1 Å². The van der Waals surface area contributed by atoms with Gasteiger partial charge in [0, 0.05) is 5.92 Å². The largest absolute Gasteiger partial charge is 0.373 e. The molecule has 2 heteroatoms. The van der Waals surface area contributed by atoms with E-state index in [1.54, 1.807) is 6.92 Å². The molecular weight excluding hydrogens is 272 g/mol. The molecule has 0 saturated carbocycles. The number of ether oxygens (including phenoxy) is 1. The molecule has 0 aliphatic heterocycles. The number of aryl methyl sites for hydroxylation is 1. The van der Waals surface area contributed by atoms with Gasteiger partial charge in [0.2, 0.25) is 0 Å². The minimum atomic E-state index is -0.0765. The van der Waals surface area contributed by atoms with Crippen LogP contribution >= 0.6 is 0 Å². The Balaban J connectivity index is 1.95. The van der Waals surface area contributed by atoms with Gasteiger partial charge in [-0.25, -0.2) is 0 Å². The highest BCUT2D eigenvalue weighted by molar-refractivity contribution is 5.78. The van der Waals surface area contributed by atoms with E-state index < -0.39 is 0 Å². The topological polar surface area (TPSA) is 26.3 Å². The van der Waals surface area contributed by atoms with Crippen molar-refractivity contribution in [3.05, 3.63) is 71.8 Å². The highest BCUT2D eigenvalue weighted by Crippen LogP contribution is 2.18. The Labute approximate surface area is 133 Å². The van der Waals surface area contributed by atoms with Crippen molar-refractivity contribution in [2.75, 3.05) is 0 Å². The molecule has 0 N–H and O–H groups in total. The molecule has 0 radical (unpaired) electrons. The number of ketones is 1. The lowest BCUT2D eigenvalue weighted by atomic mass is 9.94. The highest BCUT2D eigenvalue weighted by Gasteiger charge is 2.21. The normalized spacial score (nSPS) is 13.5. The van der Waals surface area contributed by atoms with Crippen molar-refractivity contribution >= 4 is 5.78 Å². The fourth-order valence-corrected chi connectivity index (χ4v) is 2.47. The Hall–Kier alpha value is -1.93. The van der Waals surface area contributed by atoms with E-state index in [9.17, 15) is 4.79 Å². The lowest BCUT2D eigenvalue weighted by Crippen LogP contribution is -2.27. The van der Waals surface area contributed by atoms with Gasteiger partial charge in [0.1, 0.15) is 5.78 Å². The summed E-state index contributed by atoms with van der Waals surface area (Å²) in [6.45, 7) is 4.16. The zero-order valence-electron chi connectivity index (χ0n) is 13.4. The van der Waals surface area contributed by atoms with Crippen LogP contribution in [0.1, 0.15) is 31.4 Å². The summed E-state index contributed by atoms with van der Waals surface area (Å²) in [7, 11) is 0. The highest BCUT2D eigenvalue weighted by atomic mass is 16.5. The van der Waals surface area contributed by atoms with Crippen molar-refractivity contribution in [2.24, 2.45) is 5.92 Å². The van der Waals surface area contributed by atoms with Crippen LogP contribution in [0.3, 0.4) is 0 Å². The van der Waals surface area contributed by atoms with Gasteiger partial charge in [0.25, 0.3) is 0 Å². The predicted octanol–water partition coefficient (Wildman–Crippen LogP) is 4.43. The van der Waals surface area contributed by atoms with Crippen LogP contribution in [0.5, 0.6) is 0 Å². The molecule has 2 nitrogen and oxygen atoms in total. The average molecular weight is 296 g/mol. The lowest BCUT2D eigenvalue weighted by Gasteiger charge is -2.23. The molecular formula is C20H24O2. The van der Waals surface area contributed by atoms with Gasteiger partial charge in [0.05, 0.1) is 12.7 Å². The molecule has 0 aliphatic rings. The van der Waals surface area contributed by atoms with Gasteiger partial charge >= 0.3 is 0 Å². The van der Waals surface area contributed by atoms with Crippen LogP contribution in [0.2, 0.25) is 0 Å². The molecule has 0 unspecified atom stereocenters.